The molecule has 0 aromatic carbocycles. The molecule has 0 spiro atoms. The minimum Gasteiger partial charge on any atom is -0.323 e. The lowest BCUT2D eigenvalue weighted by atomic mass is 9.99. The Labute approximate surface area is 197 Å². The summed E-state index contributed by atoms with van der Waals surface area (Å²) in [6.07, 6.45) is 26.9. The van der Waals surface area contributed by atoms with Crippen molar-refractivity contribution in [2.45, 2.75) is 151 Å². The maximum absolute atomic E-state index is 14.8. The zero-order valence-corrected chi connectivity index (χ0v) is 22.3. The summed E-state index contributed by atoms with van der Waals surface area (Å²) in [6.45, 7) is 0. The van der Waals surface area contributed by atoms with E-state index in [1.54, 1.807) is 0 Å². The van der Waals surface area contributed by atoms with Crippen LogP contribution in [-0.4, -0.2) is 45.5 Å². The molecule has 0 unspecified atom stereocenters. The summed E-state index contributed by atoms with van der Waals surface area (Å²) in [7, 11) is -4.48. The lowest BCUT2D eigenvalue weighted by molar-refractivity contribution is -0.176. The fourth-order valence-corrected chi connectivity index (χ4v) is 17.8. The molecule has 4 fully saturated rings. The van der Waals surface area contributed by atoms with E-state index in [1.807, 2.05) is 0 Å². The highest BCUT2D eigenvalue weighted by Crippen LogP contribution is 2.68. The summed E-state index contributed by atoms with van der Waals surface area (Å²) in [5, 5.41) is 12.0. The minimum atomic E-state index is -2.24. The van der Waals surface area contributed by atoms with Crippen LogP contribution in [0.25, 0.3) is 0 Å². The third-order valence-electron chi connectivity index (χ3n) is 9.57. The fraction of sp³-hybridized carbons (Fsp3) is 1.00. The minimum absolute atomic E-state index is 0.473. The molecule has 6 heteroatoms. The average Bonchev–Trinajstić information content (AvgIpc) is 2.90. The number of rotatable bonds is 7. The van der Waals surface area contributed by atoms with Gasteiger partial charge in [0.05, 0.1) is 14.3 Å². The van der Waals surface area contributed by atoms with E-state index < -0.39 is 14.3 Å². The van der Waals surface area contributed by atoms with Crippen LogP contribution < -0.4 is 0 Å². The summed E-state index contributed by atoms with van der Waals surface area (Å²) in [5.41, 5.74) is 1.89. The highest BCUT2D eigenvalue weighted by Gasteiger charge is 2.46. The van der Waals surface area contributed by atoms with Gasteiger partial charge in [-0.2, -0.15) is 0 Å². The molecule has 4 aliphatic carbocycles. The van der Waals surface area contributed by atoms with Crippen molar-refractivity contribution in [3.63, 3.8) is 0 Å². The van der Waals surface area contributed by atoms with E-state index in [9.17, 15) is 9.13 Å². The second kappa shape index (κ2) is 13.5. The van der Waals surface area contributed by atoms with Crippen molar-refractivity contribution in [2.75, 3.05) is 12.3 Å². The van der Waals surface area contributed by atoms with Gasteiger partial charge in [0.1, 0.15) is 0 Å². The molecule has 188 valence electrons. The predicted molar refractivity (Wildman–Crippen MR) is 138 cm³/mol. The van der Waals surface area contributed by atoms with Gasteiger partial charge in [-0.05, 0) is 51.4 Å². The summed E-state index contributed by atoms with van der Waals surface area (Å²) >= 11 is 0. The maximum atomic E-state index is 14.8. The van der Waals surface area contributed by atoms with Crippen LogP contribution in [-0.2, 0) is 9.13 Å². The zero-order valence-electron chi connectivity index (χ0n) is 20.5. The smallest absolute Gasteiger partial charge is 0.0940 e. The van der Waals surface area contributed by atoms with Crippen LogP contribution in [0.3, 0.4) is 0 Å². The monoisotopic (exact) mass is 488 g/mol. The van der Waals surface area contributed by atoms with E-state index in [1.165, 1.54) is 128 Å². The van der Waals surface area contributed by atoms with Gasteiger partial charge in [-0.1, -0.05) is 77.0 Å². The third kappa shape index (κ3) is 6.53. The van der Waals surface area contributed by atoms with Gasteiger partial charge in [-0.25, -0.2) is 0 Å². The van der Waals surface area contributed by atoms with Crippen molar-refractivity contribution in [3.8, 4) is 0 Å². The normalized spacial score (nSPS) is 25.8. The van der Waals surface area contributed by atoms with Crippen LogP contribution in [0, 0.1) is 0 Å². The first-order valence-electron chi connectivity index (χ1n) is 14.0. The molecular weight excluding hydrogens is 438 g/mol. The summed E-state index contributed by atoms with van der Waals surface area (Å²) in [4.78, 5) is 0. The van der Waals surface area contributed by atoms with Gasteiger partial charge in [-0.15, -0.1) is 0 Å². The molecular formula is C26H50O4P2. The van der Waals surface area contributed by atoms with Gasteiger partial charge < -0.3 is 9.13 Å². The van der Waals surface area contributed by atoms with Crippen LogP contribution in [0.1, 0.15) is 128 Å². The van der Waals surface area contributed by atoms with Crippen LogP contribution in [0.4, 0.5) is 0 Å². The van der Waals surface area contributed by atoms with Crippen LogP contribution in [0.2, 0.25) is 0 Å². The second-order valence-corrected chi connectivity index (χ2v) is 18.6. The first-order valence-corrected chi connectivity index (χ1v) is 18.1. The summed E-state index contributed by atoms with van der Waals surface area (Å²) in [6, 6.07) is 0. The standard InChI is InChI=1S/C26H48O2P2.H2O2/c27-29(23-13-5-1-6-14-23,24-15-7-2-8-16-24)21-22-30(28,25-17-9-3-10-18-25)26-19-11-4-12-20-26;1-2/h23-26H,1-22H2;1-2H. The van der Waals surface area contributed by atoms with Crippen molar-refractivity contribution in [2.24, 2.45) is 0 Å². The summed E-state index contributed by atoms with van der Waals surface area (Å²) < 4.78 is 29.6. The highest BCUT2D eigenvalue weighted by molar-refractivity contribution is 7.69. The largest absolute Gasteiger partial charge is 0.323 e. The highest BCUT2D eigenvalue weighted by atomic mass is 31.2. The Morgan fingerprint density at radius 1 is 0.406 bits per heavy atom. The zero-order chi connectivity index (χ0) is 22.9. The second-order valence-electron chi connectivity index (χ2n) is 11.3. The van der Waals surface area contributed by atoms with Crippen LogP contribution >= 0.6 is 14.3 Å². The molecule has 0 saturated heterocycles. The van der Waals surface area contributed by atoms with Crippen molar-refractivity contribution in [1.82, 2.24) is 0 Å². The molecule has 4 saturated carbocycles. The van der Waals surface area contributed by atoms with Gasteiger partial charge in [0.25, 0.3) is 0 Å². The fourth-order valence-electron chi connectivity index (χ4n) is 7.71. The van der Waals surface area contributed by atoms with Crippen molar-refractivity contribution in [1.29, 1.82) is 0 Å². The molecule has 0 radical (unpaired) electrons. The SMILES string of the molecule is O=P(CCP(=O)(C1CCCCC1)C1CCCCC1)(C1CCCCC1)C1CCCCC1.OO. The molecule has 4 rings (SSSR count). The Balaban J connectivity index is 0.00000141. The molecule has 0 aromatic heterocycles. The van der Waals surface area contributed by atoms with E-state index in [0.29, 0.717) is 22.6 Å². The molecule has 0 atom stereocenters. The van der Waals surface area contributed by atoms with Crippen molar-refractivity contribution < 1.29 is 19.6 Å². The quantitative estimate of drug-likeness (QED) is 0.213. The molecule has 0 aliphatic heterocycles. The number of hydrogen-bond donors (Lipinski definition) is 2. The van der Waals surface area contributed by atoms with Gasteiger partial charge in [0, 0.05) is 35.0 Å². The van der Waals surface area contributed by atoms with Crippen LogP contribution in [0.15, 0.2) is 0 Å². The Morgan fingerprint density at radius 3 is 0.781 bits per heavy atom. The molecule has 2 N–H and O–H groups in total. The van der Waals surface area contributed by atoms with E-state index >= 15 is 0 Å². The maximum Gasteiger partial charge on any atom is 0.0940 e. The molecule has 32 heavy (non-hydrogen) atoms. The lowest BCUT2D eigenvalue weighted by Crippen LogP contribution is -2.29. The molecule has 0 bridgehead atoms. The predicted octanol–water partition coefficient (Wildman–Crippen LogP) is 9.06. The van der Waals surface area contributed by atoms with E-state index in [-0.39, 0.29) is 0 Å². The Morgan fingerprint density at radius 2 is 0.594 bits per heavy atom. The number of hydrogen-bond acceptors (Lipinski definition) is 4. The lowest BCUT2D eigenvalue weighted by Gasteiger charge is -2.42. The van der Waals surface area contributed by atoms with Crippen molar-refractivity contribution in [3.05, 3.63) is 0 Å². The molecule has 0 amide bonds. The third-order valence-corrected chi connectivity index (χ3v) is 18.8. The molecule has 4 nitrogen and oxygen atoms in total. The Kier molecular flexibility index (Phi) is 11.3. The van der Waals surface area contributed by atoms with Crippen LogP contribution in [0.5, 0.6) is 0 Å². The Bertz CT molecular complexity index is 515. The topological polar surface area (TPSA) is 74.6 Å². The summed E-state index contributed by atoms with van der Waals surface area (Å²) in [5.74, 6) is 0. The van der Waals surface area contributed by atoms with E-state index in [4.69, 9.17) is 10.5 Å². The van der Waals surface area contributed by atoms with Gasteiger partial charge in [0.2, 0.25) is 0 Å². The van der Waals surface area contributed by atoms with Crippen molar-refractivity contribution >= 4 is 14.3 Å². The molecule has 0 heterocycles. The van der Waals surface area contributed by atoms with E-state index in [2.05, 4.69) is 0 Å². The molecule has 4 aliphatic rings. The van der Waals surface area contributed by atoms with E-state index in [0.717, 1.165) is 12.3 Å². The molecule has 0 aromatic rings. The first-order chi connectivity index (χ1) is 15.6. The van der Waals surface area contributed by atoms with Gasteiger partial charge >= 0.3 is 0 Å². The van der Waals surface area contributed by atoms with Gasteiger partial charge in [-0.3, -0.25) is 10.5 Å². The first kappa shape index (κ1) is 27.0. The Hall–Kier alpha value is 0.380. The van der Waals surface area contributed by atoms with Gasteiger partial charge in [0.15, 0.2) is 0 Å². The average molecular weight is 489 g/mol.